The number of ether oxygens (including phenoxy) is 2. The number of cyclic esters (lactones) is 4. The maximum atomic E-state index is 11.7. The summed E-state index contributed by atoms with van der Waals surface area (Å²) in [5, 5.41) is 0. The van der Waals surface area contributed by atoms with Gasteiger partial charge in [-0.05, 0) is 63.2 Å². The summed E-state index contributed by atoms with van der Waals surface area (Å²) in [5.74, 6) is -2.24. The lowest BCUT2D eigenvalue weighted by Gasteiger charge is -2.42. The fraction of sp³-hybridized carbons (Fsp3) is 0.818. The number of hydrogen-bond acceptors (Lipinski definition) is 8. The molecule has 0 bridgehead atoms. The molecule has 0 aliphatic carbocycles. The average Bonchev–Trinajstić information content (AvgIpc) is 3.19. The number of carbonyl (C=O) groups is 4. The van der Waals surface area contributed by atoms with Crippen molar-refractivity contribution < 1.29 is 36.9 Å². The van der Waals surface area contributed by atoms with Crippen molar-refractivity contribution in [1.82, 2.24) is 0 Å². The van der Waals surface area contributed by atoms with Crippen LogP contribution >= 0.6 is 0 Å². The molecule has 2 saturated heterocycles. The summed E-state index contributed by atoms with van der Waals surface area (Å²) in [6, 6.07) is 3.57. The van der Waals surface area contributed by atoms with Crippen LogP contribution in [-0.2, 0) is 36.9 Å². The summed E-state index contributed by atoms with van der Waals surface area (Å²) in [7, 11) is -6.47. The van der Waals surface area contributed by atoms with Crippen molar-refractivity contribution in [2.75, 3.05) is 0 Å². The van der Waals surface area contributed by atoms with Crippen LogP contribution in [0.15, 0.2) is 0 Å². The van der Waals surface area contributed by atoms with Gasteiger partial charge in [0.15, 0.2) is 16.6 Å². The lowest BCUT2D eigenvalue weighted by Crippen LogP contribution is -2.55. The van der Waals surface area contributed by atoms with E-state index in [-0.39, 0.29) is 24.7 Å². The fourth-order valence-corrected chi connectivity index (χ4v) is 19.0. The maximum Gasteiger partial charge on any atom is 0.317 e. The highest BCUT2D eigenvalue weighted by Gasteiger charge is 2.44. The Balaban J connectivity index is 1.87. The van der Waals surface area contributed by atoms with Crippen LogP contribution < -0.4 is 0 Å². The van der Waals surface area contributed by atoms with Gasteiger partial charge in [0.05, 0.1) is 24.7 Å². The summed E-state index contributed by atoms with van der Waals surface area (Å²) in [6.07, 6.45) is 3.37. The highest BCUT2D eigenvalue weighted by Crippen LogP contribution is 2.33. The van der Waals surface area contributed by atoms with E-state index in [1.807, 2.05) is 0 Å². The Kier molecular flexibility index (Phi) is 9.81. The fourth-order valence-electron chi connectivity index (χ4n) is 4.70. The van der Waals surface area contributed by atoms with Gasteiger partial charge in [-0.2, -0.15) is 0 Å². The molecule has 8 nitrogen and oxygen atoms in total. The van der Waals surface area contributed by atoms with Gasteiger partial charge in [-0.15, -0.1) is 0 Å². The van der Waals surface area contributed by atoms with E-state index in [0.29, 0.717) is 12.8 Å². The van der Waals surface area contributed by atoms with E-state index >= 15 is 0 Å². The zero-order valence-corrected chi connectivity index (χ0v) is 24.0. The predicted molar refractivity (Wildman–Crippen MR) is 130 cm³/mol. The van der Waals surface area contributed by atoms with Gasteiger partial charge >= 0.3 is 32.4 Å². The second-order valence-corrected chi connectivity index (χ2v) is 23.4. The number of rotatable bonds is 14. The summed E-state index contributed by atoms with van der Waals surface area (Å²) >= 11 is 0. The van der Waals surface area contributed by atoms with Crippen LogP contribution in [0.4, 0.5) is 0 Å². The Morgan fingerprint density at radius 2 is 1.09 bits per heavy atom. The van der Waals surface area contributed by atoms with Gasteiger partial charge < -0.3 is 17.7 Å². The first-order valence-electron chi connectivity index (χ1n) is 12.2. The van der Waals surface area contributed by atoms with Crippen molar-refractivity contribution in [1.29, 1.82) is 0 Å². The quantitative estimate of drug-likeness (QED) is 0.187. The zero-order valence-electron chi connectivity index (χ0n) is 21.0. The van der Waals surface area contributed by atoms with E-state index in [9.17, 15) is 19.2 Å². The van der Waals surface area contributed by atoms with Crippen molar-refractivity contribution in [3.63, 3.8) is 0 Å². The molecule has 188 valence electrons. The summed E-state index contributed by atoms with van der Waals surface area (Å²) in [5.41, 5.74) is 0. The Labute approximate surface area is 200 Å². The predicted octanol–water partition coefficient (Wildman–Crippen LogP) is 4.65. The largest absolute Gasteiger partial charge is 0.436 e. The van der Waals surface area contributed by atoms with Crippen molar-refractivity contribution in [2.24, 2.45) is 11.8 Å². The lowest BCUT2D eigenvalue weighted by atomic mass is 10.0. The van der Waals surface area contributed by atoms with Crippen molar-refractivity contribution >= 4 is 49.1 Å². The third kappa shape index (κ3) is 8.54. The van der Waals surface area contributed by atoms with Gasteiger partial charge in [-0.25, -0.2) is 0 Å². The minimum atomic E-state index is -2.39. The van der Waals surface area contributed by atoms with Crippen molar-refractivity contribution in [3.05, 3.63) is 0 Å². The molecular weight excluding hydrogens is 476 g/mol. The molecule has 2 aliphatic rings. The third-order valence-corrected chi connectivity index (χ3v) is 19.3. The molecule has 2 unspecified atom stereocenters. The molecule has 2 heterocycles. The van der Waals surface area contributed by atoms with E-state index in [4.69, 9.17) is 8.23 Å². The SMILES string of the molecule is CC[Si](CC)(O[Si](C)(C)CCCC1CC(=O)OC1=O)O[Si](C)(C)CCCC1CC(=O)OC1=O. The highest BCUT2D eigenvalue weighted by atomic mass is 28.5. The Bertz CT molecular complexity index is 690. The Morgan fingerprint density at radius 1 is 0.727 bits per heavy atom. The molecule has 0 aromatic heterocycles. The van der Waals surface area contributed by atoms with Crippen LogP contribution in [0.3, 0.4) is 0 Å². The Morgan fingerprint density at radius 3 is 1.36 bits per heavy atom. The maximum absolute atomic E-state index is 11.7. The standard InChI is InChI=1S/C22H40O8Si3/c1-7-33(8-2,29-31(3,4)13-9-11-17-15-19(23)27-21(17)25)30-32(5,6)14-10-12-18-16-20(24)28-22(18)26/h17-18H,7-16H2,1-6H3. The summed E-state index contributed by atoms with van der Waals surface area (Å²) in [4.78, 5) is 46.0. The molecule has 2 rings (SSSR count). The van der Waals surface area contributed by atoms with Crippen LogP contribution in [0, 0.1) is 11.8 Å². The van der Waals surface area contributed by atoms with E-state index in [1.165, 1.54) is 0 Å². The molecule has 0 saturated carbocycles. The highest BCUT2D eigenvalue weighted by molar-refractivity contribution is 6.88. The zero-order chi connectivity index (χ0) is 24.9. The van der Waals surface area contributed by atoms with Crippen molar-refractivity contribution in [2.45, 2.75) is 103 Å². The molecule has 2 atom stereocenters. The average molecular weight is 517 g/mol. The van der Waals surface area contributed by atoms with Gasteiger partial charge in [-0.3, -0.25) is 19.2 Å². The van der Waals surface area contributed by atoms with Gasteiger partial charge in [0.2, 0.25) is 0 Å². The molecule has 11 heteroatoms. The first-order valence-corrected chi connectivity index (χ1v) is 20.7. The van der Waals surface area contributed by atoms with Gasteiger partial charge in [0.25, 0.3) is 0 Å². The van der Waals surface area contributed by atoms with Crippen LogP contribution in [0.5, 0.6) is 0 Å². The lowest BCUT2D eigenvalue weighted by molar-refractivity contribution is -0.155. The first kappa shape index (κ1) is 28.1. The molecule has 0 spiro atoms. The second-order valence-electron chi connectivity index (χ2n) is 10.5. The van der Waals surface area contributed by atoms with E-state index in [1.54, 1.807) is 0 Å². The van der Waals surface area contributed by atoms with Crippen molar-refractivity contribution in [3.8, 4) is 0 Å². The third-order valence-electron chi connectivity index (χ3n) is 6.59. The van der Waals surface area contributed by atoms with Crippen LogP contribution in [0.2, 0.25) is 50.4 Å². The van der Waals surface area contributed by atoms with Crippen LogP contribution in [0.1, 0.15) is 52.4 Å². The topological polar surface area (TPSA) is 105 Å². The molecule has 0 radical (unpaired) electrons. The normalized spacial score (nSPS) is 22.1. The van der Waals surface area contributed by atoms with E-state index in [2.05, 4.69) is 49.5 Å². The van der Waals surface area contributed by atoms with Gasteiger partial charge in [-0.1, -0.05) is 26.7 Å². The Hall–Kier alpha value is -1.15. The minimum absolute atomic E-state index is 0.194. The summed E-state index contributed by atoms with van der Waals surface area (Å²) in [6.45, 7) is 13.1. The molecule has 0 amide bonds. The van der Waals surface area contributed by atoms with Crippen LogP contribution in [0.25, 0.3) is 0 Å². The molecule has 0 N–H and O–H groups in total. The monoisotopic (exact) mass is 516 g/mol. The molecule has 0 aromatic rings. The molecule has 33 heavy (non-hydrogen) atoms. The molecule has 2 aliphatic heterocycles. The number of esters is 4. The number of carbonyl (C=O) groups excluding carboxylic acids is 4. The smallest absolute Gasteiger partial charge is 0.317 e. The van der Waals surface area contributed by atoms with E-state index in [0.717, 1.165) is 37.0 Å². The molecule has 2 fully saturated rings. The molecule has 0 aromatic carbocycles. The molecular formula is C22H40O8Si3. The van der Waals surface area contributed by atoms with Gasteiger partial charge in [0, 0.05) is 0 Å². The summed E-state index contributed by atoms with van der Waals surface area (Å²) < 4.78 is 23.1. The second kappa shape index (κ2) is 11.5. The minimum Gasteiger partial charge on any atom is -0.436 e. The first-order chi connectivity index (χ1) is 15.3. The number of hydrogen-bond donors (Lipinski definition) is 0. The van der Waals surface area contributed by atoms with E-state index < -0.39 is 49.1 Å². The van der Waals surface area contributed by atoms with Crippen LogP contribution in [-0.4, -0.2) is 49.1 Å². The van der Waals surface area contributed by atoms with Gasteiger partial charge in [0.1, 0.15) is 0 Å².